The number of piperidine rings is 3. The molecule has 2 atom stereocenters. The van der Waals surface area contributed by atoms with Crippen molar-refractivity contribution in [2.24, 2.45) is 22.7 Å². The van der Waals surface area contributed by atoms with Crippen LogP contribution in [0, 0.1) is 22.7 Å². The van der Waals surface area contributed by atoms with Crippen molar-refractivity contribution in [3.05, 3.63) is 0 Å². The predicted octanol–water partition coefficient (Wildman–Crippen LogP) is 3.79. The van der Waals surface area contributed by atoms with Crippen LogP contribution < -0.4 is 0 Å². The topological polar surface area (TPSA) is 3.24 Å². The summed E-state index contributed by atoms with van der Waals surface area (Å²) in [6.07, 6.45) is 2.88. The van der Waals surface area contributed by atoms with Crippen molar-refractivity contribution in [3.63, 3.8) is 0 Å². The SMILES string of the molecule is CC(C)(C)C1C2CCN(CC2)C1C(C)(C)C. The first-order valence-electron chi connectivity index (χ1n) is 6.95. The van der Waals surface area contributed by atoms with Gasteiger partial charge in [0.05, 0.1) is 0 Å². The molecule has 3 fully saturated rings. The minimum absolute atomic E-state index is 0.428. The molecule has 0 aromatic heterocycles. The Labute approximate surface area is 102 Å². The first-order valence-corrected chi connectivity index (χ1v) is 6.95. The third-order valence-corrected chi connectivity index (χ3v) is 4.70. The molecule has 0 aromatic carbocycles. The summed E-state index contributed by atoms with van der Waals surface area (Å²) in [6.45, 7) is 17.3. The molecule has 16 heavy (non-hydrogen) atoms. The van der Waals surface area contributed by atoms with Crippen LogP contribution in [-0.4, -0.2) is 24.0 Å². The van der Waals surface area contributed by atoms with Gasteiger partial charge in [-0.1, -0.05) is 41.5 Å². The standard InChI is InChI=1S/C15H29N/c1-14(2,3)12-11-7-9-16(10-8-11)13(12)15(4,5)6/h11-13H,7-10H2,1-6H3. The van der Waals surface area contributed by atoms with Crippen LogP contribution in [0.25, 0.3) is 0 Å². The van der Waals surface area contributed by atoms with Crippen LogP contribution >= 0.6 is 0 Å². The van der Waals surface area contributed by atoms with E-state index in [0.717, 1.165) is 17.9 Å². The molecule has 2 unspecified atom stereocenters. The highest BCUT2D eigenvalue weighted by atomic mass is 15.2. The van der Waals surface area contributed by atoms with E-state index < -0.39 is 0 Å². The lowest BCUT2D eigenvalue weighted by Crippen LogP contribution is -2.62. The lowest BCUT2D eigenvalue weighted by Gasteiger charge is -2.59. The Kier molecular flexibility index (Phi) is 2.89. The first kappa shape index (κ1) is 12.4. The van der Waals surface area contributed by atoms with Crippen molar-refractivity contribution in [3.8, 4) is 0 Å². The second-order valence-corrected chi connectivity index (χ2v) is 8.08. The Morgan fingerprint density at radius 2 is 1.31 bits per heavy atom. The van der Waals surface area contributed by atoms with Crippen molar-refractivity contribution in [1.29, 1.82) is 0 Å². The maximum absolute atomic E-state index is 2.77. The third-order valence-electron chi connectivity index (χ3n) is 4.70. The lowest BCUT2D eigenvalue weighted by molar-refractivity contribution is -0.101. The molecule has 0 aromatic rings. The highest BCUT2D eigenvalue weighted by Gasteiger charge is 2.50. The van der Waals surface area contributed by atoms with E-state index in [2.05, 4.69) is 46.4 Å². The Balaban J connectivity index is 2.32. The largest absolute Gasteiger partial charge is 0.300 e. The van der Waals surface area contributed by atoms with Gasteiger partial charge < -0.3 is 0 Å². The summed E-state index contributed by atoms with van der Waals surface area (Å²) in [5.74, 6) is 1.87. The molecule has 0 N–H and O–H groups in total. The average Bonchev–Trinajstić information content (AvgIpc) is 2.15. The summed E-state index contributed by atoms with van der Waals surface area (Å²) >= 11 is 0. The molecule has 3 saturated heterocycles. The molecule has 0 spiro atoms. The summed E-state index contributed by atoms with van der Waals surface area (Å²) < 4.78 is 0. The zero-order chi connectivity index (χ0) is 12.1. The van der Waals surface area contributed by atoms with Crippen LogP contribution in [0.2, 0.25) is 0 Å². The van der Waals surface area contributed by atoms with Crippen molar-refractivity contribution < 1.29 is 0 Å². The number of rotatable bonds is 0. The lowest BCUT2D eigenvalue weighted by atomic mass is 9.57. The van der Waals surface area contributed by atoms with Crippen LogP contribution in [0.15, 0.2) is 0 Å². The smallest absolute Gasteiger partial charge is 0.0180 e. The number of nitrogens with zero attached hydrogens (tertiary/aromatic N) is 1. The quantitative estimate of drug-likeness (QED) is 0.604. The molecule has 1 heteroatoms. The molecule has 0 radical (unpaired) electrons. The zero-order valence-electron chi connectivity index (χ0n) is 12.0. The van der Waals surface area contributed by atoms with Gasteiger partial charge in [0.1, 0.15) is 0 Å². The molecule has 0 saturated carbocycles. The summed E-state index contributed by atoms with van der Waals surface area (Å²) in [7, 11) is 0. The van der Waals surface area contributed by atoms with Crippen molar-refractivity contribution in [1.82, 2.24) is 4.90 Å². The summed E-state index contributed by atoms with van der Waals surface area (Å²) in [6, 6.07) is 0.792. The average molecular weight is 223 g/mol. The molecule has 3 heterocycles. The van der Waals surface area contributed by atoms with Crippen molar-refractivity contribution in [2.45, 2.75) is 60.4 Å². The van der Waals surface area contributed by atoms with Gasteiger partial charge >= 0.3 is 0 Å². The van der Waals surface area contributed by atoms with Gasteiger partial charge in [0.25, 0.3) is 0 Å². The fraction of sp³-hybridized carbons (Fsp3) is 1.00. The maximum atomic E-state index is 2.77. The van der Waals surface area contributed by atoms with E-state index in [4.69, 9.17) is 0 Å². The van der Waals surface area contributed by atoms with Gasteiger partial charge in [-0.15, -0.1) is 0 Å². The summed E-state index contributed by atoms with van der Waals surface area (Å²) in [5.41, 5.74) is 0.888. The molecular formula is C15H29N. The highest BCUT2D eigenvalue weighted by Crippen LogP contribution is 2.51. The number of fused-ring (bicyclic) bond motifs is 3. The van der Waals surface area contributed by atoms with Crippen LogP contribution in [0.5, 0.6) is 0 Å². The molecule has 1 nitrogen and oxygen atoms in total. The van der Waals surface area contributed by atoms with Gasteiger partial charge in [0.15, 0.2) is 0 Å². The second kappa shape index (κ2) is 3.73. The van der Waals surface area contributed by atoms with Gasteiger partial charge in [-0.2, -0.15) is 0 Å². The van der Waals surface area contributed by atoms with Crippen LogP contribution in [0.3, 0.4) is 0 Å². The maximum Gasteiger partial charge on any atom is 0.0180 e. The van der Waals surface area contributed by atoms with E-state index in [-0.39, 0.29) is 0 Å². The van der Waals surface area contributed by atoms with Crippen molar-refractivity contribution >= 4 is 0 Å². The van der Waals surface area contributed by atoms with E-state index in [1.807, 2.05) is 0 Å². The molecule has 2 bridgehead atoms. The van der Waals surface area contributed by atoms with E-state index in [1.165, 1.54) is 25.9 Å². The summed E-state index contributed by atoms with van der Waals surface area (Å²) in [4.78, 5) is 2.77. The van der Waals surface area contributed by atoms with Gasteiger partial charge in [0.2, 0.25) is 0 Å². The number of hydrogen-bond donors (Lipinski definition) is 0. The first-order chi connectivity index (χ1) is 7.21. The highest BCUT2D eigenvalue weighted by molar-refractivity contribution is 5.03. The zero-order valence-corrected chi connectivity index (χ0v) is 12.0. The van der Waals surface area contributed by atoms with E-state index in [9.17, 15) is 0 Å². The molecule has 3 aliphatic rings. The van der Waals surface area contributed by atoms with E-state index in [1.54, 1.807) is 0 Å². The van der Waals surface area contributed by atoms with Crippen molar-refractivity contribution in [2.75, 3.05) is 13.1 Å². The van der Waals surface area contributed by atoms with Crippen LogP contribution in [0.1, 0.15) is 54.4 Å². The molecule has 0 aliphatic carbocycles. The van der Waals surface area contributed by atoms with Crippen LogP contribution in [0.4, 0.5) is 0 Å². The molecule has 94 valence electrons. The molecule has 0 amide bonds. The number of hydrogen-bond acceptors (Lipinski definition) is 1. The molecule has 3 aliphatic heterocycles. The Bertz CT molecular complexity index is 220. The monoisotopic (exact) mass is 223 g/mol. The minimum Gasteiger partial charge on any atom is -0.300 e. The van der Waals surface area contributed by atoms with Gasteiger partial charge in [0, 0.05) is 6.04 Å². The second-order valence-electron chi connectivity index (χ2n) is 8.08. The predicted molar refractivity (Wildman–Crippen MR) is 70.5 cm³/mol. The fourth-order valence-corrected chi connectivity index (χ4v) is 4.31. The Morgan fingerprint density at radius 1 is 0.812 bits per heavy atom. The van der Waals surface area contributed by atoms with Gasteiger partial charge in [-0.25, -0.2) is 0 Å². The van der Waals surface area contributed by atoms with E-state index in [0.29, 0.717) is 10.8 Å². The molecule has 3 rings (SSSR count). The minimum atomic E-state index is 0.428. The fourth-order valence-electron chi connectivity index (χ4n) is 4.31. The van der Waals surface area contributed by atoms with Gasteiger partial charge in [-0.05, 0) is 48.6 Å². The van der Waals surface area contributed by atoms with Crippen LogP contribution in [-0.2, 0) is 0 Å². The Hall–Kier alpha value is -0.0400. The van der Waals surface area contributed by atoms with Gasteiger partial charge in [-0.3, -0.25) is 4.90 Å². The van der Waals surface area contributed by atoms with E-state index >= 15 is 0 Å². The normalized spacial score (nSPS) is 40.1. The summed E-state index contributed by atoms with van der Waals surface area (Å²) in [5, 5.41) is 0. The Morgan fingerprint density at radius 3 is 1.62 bits per heavy atom. The third kappa shape index (κ3) is 2.03. The molecular weight excluding hydrogens is 194 g/mol.